The molecule has 1 aromatic heterocycles. The summed E-state index contributed by atoms with van der Waals surface area (Å²) >= 11 is 0. The molecule has 1 N–H and O–H groups in total. The molecule has 1 aromatic carbocycles. The van der Waals surface area contributed by atoms with Crippen molar-refractivity contribution in [2.24, 2.45) is 7.05 Å². The van der Waals surface area contributed by atoms with Crippen molar-refractivity contribution in [2.45, 2.75) is 26.4 Å². The molecule has 4 heteroatoms. The van der Waals surface area contributed by atoms with Crippen molar-refractivity contribution in [1.29, 1.82) is 0 Å². The van der Waals surface area contributed by atoms with Crippen LogP contribution in [0.2, 0.25) is 0 Å². The van der Waals surface area contributed by atoms with E-state index in [1.807, 2.05) is 7.05 Å². The van der Waals surface area contributed by atoms with Crippen molar-refractivity contribution in [2.75, 3.05) is 7.11 Å². The molecule has 0 saturated carbocycles. The molecule has 2 rings (SSSR count). The number of hydrogen-bond acceptors (Lipinski definition) is 3. The van der Waals surface area contributed by atoms with Gasteiger partial charge in [0.25, 0.3) is 0 Å². The minimum atomic E-state index is -0.622. The molecule has 102 valence electrons. The van der Waals surface area contributed by atoms with E-state index in [4.69, 9.17) is 4.74 Å². The molecular weight excluding hydrogens is 240 g/mol. The maximum absolute atomic E-state index is 10.4. The molecule has 0 spiro atoms. The summed E-state index contributed by atoms with van der Waals surface area (Å²) in [7, 11) is 3.40. The van der Waals surface area contributed by atoms with E-state index in [-0.39, 0.29) is 0 Å². The average Bonchev–Trinajstić information content (AvgIpc) is 2.75. The first-order valence-electron chi connectivity index (χ1n) is 6.33. The second kappa shape index (κ2) is 5.45. The van der Waals surface area contributed by atoms with Crippen LogP contribution in [0.3, 0.4) is 0 Å². The Morgan fingerprint density at radius 1 is 1.37 bits per heavy atom. The van der Waals surface area contributed by atoms with Crippen LogP contribution >= 0.6 is 0 Å². The molecule has 2 aromatic rings. The Bertz CT molecular complexity index is 576. The van der Waals surface area contributed by atoms with Gasteiger partial charge in [0.15, 0.2) is 5.75 Å². The predicted molar refractivity (Wildman–Crippen MR) is 74.3 cm³/mol. The monoisotopic (exact) mass is 260 g/mol. The summed E-state index contributed by atoms with van der Waals surface area (Å²) in [6.07, 6.45) is 1.56. The van der Waals surface area contributed by atoms with Crippen LogP contribution in [-0.4, -0.2) is 22.0 Å². The number of benzene rings is 1. The first-order valence-corrected chi connectivity index (χ1v) is 6.33. The van der Waals surface area contributed by atoms with Crippen LogP contribution in [0.15, 0.2) is 24.4 Å². The highest BCUT2D eigenvalue weighted by Gasteiger charge is 2.19. The zero-order valence-corrected chi connectivity index (χ0v) is 11.8. The Kier molecular flexibility index (Phi) is 3.90. The molecule has 1 atom stereocenters. The normalized spacial score (nSPS) is 12.5. The molecule has 0 bridgehead atoms. The standard InChI is InChI=1S/C15H20N2O2/c1-10-5-6-11(2)12(7-10)8-13(18)15-14(19-4)9-16-17(15)3/h5-7,9,13,18H,8H2,1-4H3. The fraction of sp³-hybridized carbons (Fsp3) is 0.400. The van der Waals surface area contributed by atoms with Gasteiger partial charge in [-0.05, 0) is 25.0 Å². The van der Waals surface area contributed by atoms with Crippen molar-refractivity contribution < 1.29 is 9.84 Å². The molecule has 19 heavy (non-hydrogen) atoms. The van der Waals surface area contributed by atoms with Crippen LogP contribution in [-0.2, 0) is 13.5 Å². The zero-order valence-electron chi connectivity index (χ0n) is 11.8. The van der Waals surface area contributed by atoms with Crippen molar-refractivity contribution in [3.63, 3.8) is 0 Å². The SMILES string of the molecule is COc1cnn(C)c1C(O)Cc1cc(C)ccc1C. The minimum absolute atomic E-state index is 0.559. The van der Waals surface area contributed by atoms with Crippen LogP contribution in [0.1, 0.15) is 28.5 Å². The lowest BCUT2D eigenvalue weighted by molar-refractivity contribution is 0.164. The second-order valence-corrected chi connectivity index (χ2v) is 4.87. The second-order valence-electron chi connectivity index (χ2n) is 4.87. The van der Waals surface area contributed by atoms with Gasteiger partial charge in [0, 0.05) is 13.5 Å². The van der Waals surface area contributed by atoms with Crippen molar-refractivity contribution >= 4 is 0 Å². The van der Waals surface area contributed by atoms with E-state index < -0.39 is 6.10 Å². The van der Waals surface area contributed by atoms with Gasteiger partial charge < -0.3 is 9.84 Å². The van der Waals surface area contributed by atoms with Gasteiger partial charge in [0.1, 0.15) is 11.8 Å². The van der Waals surface area contributed by atoms with Crippen LogP contribution in [0.25, 0.3) is 0 Å². The van der Waals surface area contributed by atoms with Crippen molar-refractivity contribution in [3.8, 4) is 5.75 Å². The van der Waals surface area contributed by atoms with E-state index >= 15 is 0 Å². The third-order valence-corrected chi connectivity index (χ3v) is 3.40. The van der Waals surface area contributed by atoms with Crippen LogP contribution in [0.5, 0.6) is 5.75 Å². The third-order valence-electron chi connectivity index (χ3n) is 3.40. The Hall–Kier alpha value is -1.81. The molecular formula is C15H20N2O2. The van der Waals surface area contributed by atoms with E-state index in [0.29, 0.717) is 17.9 Å². The molecule has 0 aliphatic rings. The van der Waals surface area contributed by atoms with E-state index in [1.54, 1.807) is 18.0 Å². The number of ether oxygens (including phenoxy) is 1. The van der Waals surface area contributed by atoms with Gasteiger partial charge in [-0.3, -0.25) is 4.68 Å². The number of aliphatic hydroxyl groups is 1. The highest BCUT2D eigenvalue weighted by Crippen LogP contribution is 2.27. The maximum Gasteiger partial charge on any atom is 0.162 e. The summed E-state index contributed by atoms with van der Waals surface area (Å²) in [5.74, 6) is 0.625. The summed E-state index contributed by atoms with van der Waals surface area (Å²) in [4.78, 5) is 0. The van der Waals surface area contributed by atoms with E-state index in [9.17, 15) is 5.11 Å². The quantitative estimate of drug-likeness (QED) is 0.917. The van der Waals surface area contributed by atoms with Crippen LogP contribution in [0, 0.1) is 13.8 Å². The molecule has 0 aliphatic heterocycles. The average molecular weight is 260 g/mol. The van der Waals surface area contributed by atoms with E-state index in [0.717, 1.165) is 5.56 Å². The zero-order chi connectivity index (χ0) is 14.0. The molecule has 1 unspecified atom stereocenters. The number of aryl methyl sites for hydroxylation is 3. The number of aromatic nitrogens is 2. The largest absolute Gasteiger partial charge is 0.493 e. The molecule has 4 nitrogen and oxygen atoms in total. The Balaban J connectivity index is 2.27. The van der Waals surface area contributed by atoms with E-state index in [2.05, 4.69) is 37.1 Å². The van der Waals surface area contributed by atoms with Gasteiger partial charge in [-0.1, -0.05) is 23.8 Å². The first-order chi connectivity index (χ1) is 9.02. The van der Waals surface area contributed by atoms with Crippen LogP contribution < -0.4 is 4.74 Å². The molecule has 0 fully saturated rings. The number of hydrogen-bond donors (Lipinski definition) is 1. The Morgan fingerprint density at radius 3 is 2.79 bits per heavy atom. The Labute approximate surface area is 113 Å². The molecule has 0 amide bonds. The highest BCUT2D eigenvalue weighted by molar-refractivity contribution is 5.34. The molecule has 1 heterocycles. The first kappa shape index (κ1) is 13.6. The lowest BCUT2D eigenvalue weighted by Gasteiger charge is -2.15. The van der Waals surface area contributed by atoms with Gasteiger partial charge in [-0.25, -0.2) is 0 Å². The highest BCUT2D eigenvalue weighted by atomic mass is 16.5. The summed E-state index contributed by atoms with van der Waals surface area (Å²) in [6.45, 7) is 4.11. The molecule has 0 aliphatic carbocycles. The van der Waals surface area contributed by atoms with Gasteiger partial charge in [-0.15, -0.1) is 0 Å². The third kappa shape index (κ3) is 2.79. The summed E-state index contributed by atoms with van der Waals surface area (Å²) in [5, 5.41) is 14.6. The fourth-order valence-corrected chi connectivity index (χ4v) is 2.29. The number of nitrogens with zero attached hydrogens (tertiary/aromatic N) is 2. The summed E-state index contributed by atoms with van der Waals surface area (Å²) < 4.78 is 6.90. The number of aliphatic hydroxyl groups excluding tert-OH is 1. The fourth-order valence-electron chi connectivity index (χ4n) is 2.29. The lowest BCUT2D eigenvalue weighted by atomic mass is 9.99. The maximum atomic E-state index is 10.4. The predicted octanol–water partition coefficient (Wildman–Crippen LogP) is 2.32. The van der Waals surface area contributed by atoms with Gasteiger partial charge >= 0.3 is 0 Å². The van der Waals surface area contributed by atoms with Gasteiger partial charge in [0.2, 0.25) is 0 Å². The summed E-state index contributed by atoms with van der Waals surface area (Å²) in [6, 6.07) is 6.27. The number of rotatable bonds is 4. The van der Waals surface area contributed by atoms with Crippen molar-refractivity contribution in [3.05, 3.63) is 46.8 Å². The minimum Gasteiger partial charge on any atom is -0.493 e. The number of methoxy groups -OCH3 is 1. The van der Waals surface area contributed by atoms with Crippen molar-refractivity contribution in [1.82, 2.24) is 9.78 Å². The van der Waals surface area contributed by atoms with Gasteiger partial charge in [0.05, 0.1) is 13.3 Å². The Morgan fingerprint density at radius 2 is 2.11 bits per heavy atom. The molecule has 0 radical (unpaired) electrons. The van der Waals surface area contributed by atoms with Gasteiger partial charge in [-0.2, -0.15) is 5.10 Å². The topological polar surface area (TPSA) is 47.3 Å². The smallest absolute Gasteiger partial charge is 0.162 e. The summed E-state index contributed by atoms with van der Waals surface area (Å²) in [5.41, 5.74) is 4.25. The van der Waals surface area contributed by atoms with E-state index in [1.165, 1.54) is 11.1 Å². The van der Waals surface area contributed by atoms with Crippen LogP contribution in [0.4, 0.5) is 0 Å². The molecule has 0 saturated heterocycles. The lowest BCUT2D eigenvalue weighted by Crippen LogP contribution is -2.10.